The minimum absolute atomic E-state index is 0.720. The minimum Gasteiger partial charge on any atom is -0.330 e. The molecule has 0 saturated carbocycles. The van der Waals surface area contributed by atoms with E-state index in [1.54, 1.807) is 0 Å². The van der Waals surface area contributed by atoms with Crippen molar-refractivity contribution in [2.75, 3.05) is 12.8 Å². The smallest absolute Gasteiger partial charge is 0.191 e. The second-order valence-corrected chi connectivity index (χ2v) is 3.21. The van der Waals surface area contributed by atoms with E-state index in [2.05, 4.69) is 0 Å². The molecule has 0 aliphatic carbocycles. The molecule has 0 aromatic rings. The number of rotatable bonds is 0. The summed E-state index contributed by atoms with van der Waals surface area (Å²) in [4.78, 5) is 0. The summed E-state index contributed by atoms with van der Waals surface area (Å²) in [6, 6.07) is 0. The summed E-state index contributed by atoms with van der Waals surface area (Å²) < 4.78 is 15.3. The van der Waals surface area contributed by atoms with E-state index in [4.69, 9.17) is 4.52 Å². The van der Waals surface area contributed by atoms with Gasteiger partial charge in [0.05, 0.1) is 6.61 Å². The summed E-state index contributed by atoms with van der Waals surface area (Å²) in [5.41, 5.74) is 0. The molecule has 0 spiro atoms. The maximum Gasteiger partial charge on any atom is 0.191 e. The Morgan fingerprint density at radius 3 is 2.57 bits per heavy atom. The highest BCUT2D eigenvalue weighted by atomic mass is 31.1. The Hall–Kier alpha value is 0.190. The molecule has 7 heavy (non-hydrogen) atoms. The molecule has 42 valence electrons. The molecule has 3 heteroatoms. The predicted molar refractivity (Wildman–Crippen MR) is 29.1 cm³/mol. The van der Waals surface area contributed by atoms with Crippen molar-refractivity contribution in [3.05, 3.63) is 0 Å². The van der Waals surface area contributed by atoms with Crippen molar-refractivity contribution < 1.29 is 9.09 Å². The second-order valence-electron chi connectivity index (χ2n) is 1.68. The van der Waals surface area contributed by atoms with Crippen LogP contribution >= 0.6 is 8.03 Å². The van der Waals surface area contributed by atoms with Crippen LogP contribution in [0, 0.1) is 0 Å². The lowest BCUT2D eigenvalue weighted by molar-refractivity contribution is 0.302. The third-order valence-corrected chi connectivity index (χ3v) is 2.33. The quantitative estimate of drug-likeness (QED) is 0.450. The molecule has 1 fully saturated rings. The van der Waals surface area contributed by atoms with Crippen LogP contribution in [0.2, 0.25) is 0 Å². The van der Waals surface area contributed by atoms with Crippen LogP contribution in [0.5, 0.6) is 0 Å². The van der Waals surface area contributed by atoms with Gasteiger partial charge in [-0.2, -0.15) is 0 Å². The highest BCUT2D eigenvalue weighted by molar-refractivity contribution is 7.39. The van der Waals surface area contributed by atoms with Gasteiger partial charge >= 0.3 is 0 Å². The molecule has 1 heterocycles. The Morgan fingerprint density at radius 1 is 1.43 bits per heavy atom. The van der Waals surface area contributed by atoms with E-state index in [1.165, 1.54) is 0 Å². The fraction of sp³-hybridized carbons (Fsp3) is 1.00. The lowest BCUT2D eigenvalue weighted by atomic mass is 10.4. The third kappa shape index (κ3) is 1.62. The van der Waals surface area contributed by atoms with Gasteiger partial charge in [0.25, 0.3) is 0 Å². The van der Waals surface area contributed by atoms with E-state index in [0.29, 0.717) is 0 Å². The van der Waals surface area contributed by atoms with Gasteiger partial charge in [0, 0.05) is 6.16 Å². The van der Waals surface area contributed by atoms with Gasteiger partial charge in [0.2, 0.25) is 0 Å². The molecular formula is C4H9O2P. The Balaban J connectivity index is 2.25. The SMILES string of the molecule is O=[PH]1CCCCO1. The van der Waals surface area contributed by atoms with Crippen LogP contribution in [-0.2, 0) is 9.09 Å². The van der Waals surface area contributed by atoms with E-state index in [1.807, 2.05) is 0 Å². The largest absolute Gasteiger partial charge is 0.330 e. The lowest BCUT2D eigenvalue weighted by Crippen LogP contribution is -1.96. The molecule has 1 rings (SSSR count). The second kappa shape index (κ2) is 2.49. The zero-order valence-electron chi connectivity index (χ0n) is 4.14. The maximum absolute atomic E-state index is 10.4. The molecule has 0 N–H and O–H groups in total. The van der Waals surface area contributed by atoms with Gasteiger partial charge in [0.15, 0.2) is 8.03 Å². The standard InChI is InChI=1S/C4H9O2P/c5-7-4-2-1-3-6-7/h7H,1-4H2. The lowest BCUT2D eigenvalue weighted by Gasteiger charge is -2.08. The molecule has 1 aliphatic heterocycles. The maximum atomic E-state index is 10.4. The first kappa shape index (κ1) is 5.33. The summed E-state index contributed by atoms with van der Waals surface area (Å²) in [7, 11) is -1.54. The van der Waals surface area contributed by atoms with Gasteiger partial charge in [-0.1, -0.05) is 0 Å². The first-order valence-electron chi connectivity index (χ1n) is 2.55. The van der Waals surface area contributed by atoms with E-state index >= 15 is 0 Å². The van der Waals surface area contributed by atoms with Gasteiger partial charge in [-0.3, -0.25) is 4.57 Å². The molecule has 2 nitrogen and oxygen atoms in total. The first-order chi connectivity index (χ1) is 3.39. The van der Waals surface area contributed by atoms with Gasteiger partial charge in [-0.15, -0.1) is 0 Å². The van der Waals surface area contributed by atoms with E-state index in [-0.39, 0.29) is 0 Å². The minimum atomic E-state index is -1.54. The fourth-order valence-electron chi connectivity index (χ4n) is 0.630. The van der Waals surface area contributed by atoms with E-state index in [9.17, 15) is 4.57 Å². The highest BCUT2D eigenvalue weighted by Gasteiger charge is 2.04. The molecule has 1 atom stereocenters. The molecule has 1 aliphatic rings. The van der Waals surface area contributed by atoms with Crippen molar-refractivity contribution in [1.29, 1.82) is 0 Å². The summed E-state index contributed by atoms with van der Waals surface area (Å²) in [6.07, 6.45) is 3.00. The molecule has 0 aromatic carbocycles. The van der Waals surface area contributed by atoms with Crippen molar-refractivity contribution in [2.24, 2.45) is 0 Å². The average Bonchev–Trinajstić information content (AvgIpc) is 1.69. The van der Waals surface area contributed by atoms with Gasteiger partial charge in [0.1, 0.15) is 0 Å². The highest BCUT2D eigenvalue weighted by Crippen LogP contribution is 2.27. The molecule has 1 unspecified atom stereocenters. The van der Waals surface area contributed by atoms with Crippen molar-refractivity contribution >= 4 is 8.03 Å². The normalized spacial score (nSPS) is 32.9. The molecule has 0 aromatic heterocycles. The summed E-state index contributed by atoms with van der Waals surface area (Å²) in [6.45, 7) is 0.720. The first-order valence-corrected chi connectivity index (χ1v) is 4.07. The van der Waals surface area contributed by atoms with Crippen molar-refractivity contribution in [3.63, 3.8) is 0 Å². The van der Waals surface area contributed by atoms with Gasteiger partial charge in [-0.25, -0.2) is 0 Å². The van der Waals surface area contributed by atoms with Crippen molar-refractivity contribution in [2.45, 2.75) is 12.8 Å². The van der Waals surface area contributed by atoms with E-state index < -0.39 is 8.03 Å². The van der Waals surface area contributed by atoms with Crippen LogP contribution in [0.1, 0.15) is 12.8 Å². The van der Waals surface area contributed by atoms with Crippen LogP contribution in [0.25, 0.3) is 0 Å². The summed E-state index contributed by atoms with van der Waals surface area (Å²) >= 11 is 0. The van der Waals surface area contributed by atoms with Crippen LogP contribution < -0.4 is 0 Å². The zero-order valence-corrected chi connectivity index (χ0v) is 5.14. The Morgan fingerprint density at radius 2 is 2.29 bits per heavy atom. The van der Waals surface area contributed by atoms with Crippen LogP contribution in [0.4, 0.5) is 0 Å². The van der Waals surface area contributed by atoms with Gasteiger partial charge in [-0.05, 0) is 12.8 Å². The Kier molecular flexibility index (Phi) is 1.89. The molecule has 0 amide bonds. The monoisotopic (exact) mass is 120 g/mol. The molecule has 1 saturated heterocycles. The molecule has 0 radical (unpaired) electrons. The van der Waals surface area contributed by atoms with Gasteiger partial charge < -0.3 is 4.52 Å². The zero-order chi connectivity index (χ0) is 5.11. The fourth-order valence-corrected chi connectivity index (χ4v) is 1.68. The summed E-state index contributed by atoms with van der Waals surface area (Å²) in [5.74, 6) is 0. The van der Waals surface area contributed by atoms with Crippen LogP contribution in [0.15, 0.2) is 0 Å². The molecule has 0 bridgehead atoms. The Bertz CT molecular complexity index is 73.8. The summed E-state index contributed by atoms with van der Waals surface area (Å²) in [5, 5.41) is 0. The van der Waals surface area contributed by atoms with Crippen molar-refractivity contribution in [3.8, 4) is 0 Å². The van der Waals surface area contributed by atoms with Crippen molar-refractivity contribution in [1.82, 2.24) is 0 Å². The number of hydrogen-bond acceptors (Lipinski definition) is 2. The number of hydrogen-bond donors (Lipinski definition) is 0. The predicted octanol–water partition coefficient (Wildman–Crippen LogP) is 1.27. The topological polar surface area (TPSA) is 26.3 Å². The average molecular weight is 120 g/mol. The van der Waals surface area contributed by atoms with E-state index in [0.717, 1.165) is 25.6 Å². The Labute approximate surface area is 43.7 Å². The molecular weight excluding hydrogens is 111 g/mol. The third-order valence-electron chi connectivity index (χ3n) is 1.04. The van der Waals surface area contributed by atoms with Crippen LogP contribution in [0.3, 0.4) is 0 Å². The van der Waals surface area contributed by atoms with Crippen LogP contribution in [-0.4, -0.2) is 12.8 Å².